The minimum Gasteiger partial charge on any atom is -0.465 e. The van der Waals surface area contributed by atoms with Crippen molar-refractivity contribution in [3.05, 3.63) is 76.7 Å². The number of aryl methyl sites for hydroxylation is 1. The third-order valence-electron chi connectivity index (χ3n) is 4.23. The summed E-state index contributed by atoms with van der Waals surface area (Å²) >= 11 is 1.31. The largest absolute Gasteiger partial charge is 0.465 e. The average Bonchev–Trinajstić information content (AvgIpc) is 3.12. The number of esters is 1. The van der Waals surface area contributed by atoms with Crippen molar-refractivity contribution in [3.8, 4) is 10.4 Å². The molecule has 3 rings (SSSR count). The lowest BCUT2D eigenvalue weighted by Crippen LogP contribution is -2.16. The minimum absolute atomic E-state index is 0.165. The molecule has 0 saturated heterocycles. The third-order valence-corrected chi connectivity index (χ3v) is 5.40. The highest BCUT2D eigenvalue weighted by Crippen LogP contribution is 2.35. The second kappa shape index (κ2) is 8.64. The molecule has 0 bridgehead atoms. The van der Waals surface area contributed by atoms with E-state index in [1.807, 2.05) is 60.7 Å². The van der Waals surface area contributed by atoms with Crippen molar-refractivity contribution >= 4 is 28.9 Å². The summed E-state index contributed by atoms with van der Waals surface area (Å²) in [5, 5.41) is 2.86. The van der Waals surface area contributed by atoms with Gasteiger partial charge in [-0.05, 0) is 29.2 Å². The van der Waals surface area contributed by atoms with Crippen LogP contribution in [0, 0.1) is 0 Å². The molecule has 0 spiro atoms. The van der Waals surface area contributed by atoms with Crippen molar-refractivity contribution in [1.82, 2.24) is 0 Å². The molecule has 1 N–H and O–H groups in total. The molecule has 0 unspecified atom stereocenters. The highest BCUT2D eigenvalue weighted by Gasteiger charge is 2.19. The van der Waals surface area contributed by atoms with E-state index < -0.39 is 5.97 Å². The first-order chi connectivity index (χ1) is 13.1. The molecule has 0 aliphatic carbocycles. The molecule has 0 atom stereocenters. The van der Waals surface area contributed by atoms with Gasteiger partial charge in [-0.1, -0.05) is 61.5 Å². The molecular weight excluding hydrogens is 358 g/mol. The SMILES string of the molecule is CCc1ccc(CC(=O)Nc2cc(-c3ccccc3)sc2C(=O)OC)cc1. The molecular formula is C22H21NO3S. The van der Waals surface area contributed by atoms with Crippen molar-refractivity contribution in [3.63, 3.8) is 0 Å². The molecule has 2 aromatic carbocycles. The van der Waals surface area contributed by atoms with Crippen LogP contribution in [0.5, 0.6) is 0 Å². The Morgan fingerprint density at radius 3 is 2.30 bits per heavy atom. The number of nitrogens with one attached hydrogen (secondary N) is 1. The molecule has 4 nitrogen and oxygen atoms in total. The molecule has 1 heterocycles. The molecule has 5 heteroatoms. The Bertz CT molecular complexity index is 930. The number of carbonyl (C=O) groups excluding carboxylic acids is 2. The van der Waals surface area contributed by atoms with Crippen LogP contribution in [0.15, 0.2) is 60.7 Å². The lowest BCUT2D eigenvalue weighted by Gasteiger charge is -2.06. The van der Waals surface area contributed by atoms with Gasteiger partial charge in [0.1, 0.15) is 4.88 Å². The first-order valence-corrected chi connectivity index (χ1v) is 9.57. The predicted octanol–water partition coefficient (Wildman–Crippen LogP) is 4.95. The summed E-state index contributed by atoms with van der Waals surface area (Å²) in [4.78, 5) is 25.9. The van der Waals surface area contributed by atoms with E-state index >= 15 is 0 Å². The Hall–Kier alpha value is -2.92. The monoisotopic (exact) mass is 379 g/mol. The lowest BCUT2D eigenvalue weighted by atomic mass is 10.1. The first-order valence-electron chi connectivity index (χ1n) is 8.76. The van der Waals surface area contributed by atoms with E-state index in [-0.39, 0.29) is 12.3 Å². The molecule has 0 aliphatic rings. The molecule has 138 valence electrons. The second-order valence-electron chi connectivity index (χ2n) is 6.11. The number of methoxy groups -OCH3 is 1. The Kier molecular flexibility index (Phi) is 6.04. The summed E-state index contributed by atoms with van der Waals surface area (Å²) in [6.45, 7) is 2.09. The van der Waals surface area contributed by atoms with Crippen LogP contribution < -0.4 is 5.32 Å². The van der Waals surface area contributed by atoms with Crippen molar-refractivity contribution in [2.24, 2.45) is 0 Å². The zero-order valence-corrected chi connectivity index (χ0v) is 16.1. The number of rotatable bonds is 6. The summed E-state index contributed by atoms with van der Waals surface area (Å²) in [6, 6.07) is 19.5. The van der Waals surface area contributed by atoms with Gasteiger partial charge in [-0.25, -0.2) is 4.79 Å². The molecule has 0 radical (unpaired) electrons. The number of thiophene rings is 1. The Morgan fingerprint density at radius 1 is 1.00 bits per heavy atom. The number of hydrogen-bond donors (Lipinski definition) is 1. The normalized spacial score (nSPS) is 10.4. The fraction of sp³-hybridized carbons (Fsp3) is 0.182. The molecule has 1 amide bonds. The van der Waals surface area contributed by atoms with E-state index in [1.165, 1.54) is 24.0 Å². The van der Waals surface area contributed by atoms with Crippen LogP contribution >= 0.6 is 11.3 Å². The van der Waals surface area contributed by atoms with Gasteiger partial charge in [0.25, 0.3) is 0 Å². The summed E-state index contributed by atoms with van der Waals surface area (Å²) in [7, 11) is 1.34. The van der Waals surface area contributed by atoms with Gasteiger partial charge in [0, 0.05) is 4.88 Å². The Labute approximate surface area is 162 Å². The molecule has 3 aromatic rings. The zero-order valence-electron chi connectivity index (χ0n) is 15.3. The first kappa shape index (κ1) is 18.9. The van der Waals surface area contributed by atoms with Crippen molar-refractivity contribution in [2.75, 3.05) is 12.4 Å². The van der Waals surface area contributed by atoms with Crippen LogP contribution in [0.2, 0.25) is 0 Å². The van der Waals surface area contributed by atoms with Crippen molar-refractivity contribution in [2.45, 2.75) is 19.8 Å². The van der Waals surface area contributed by atoms with Gasteiger partial charge < -0.3 is 10.1 Å². The van der Waals surface area contributed by atoms with Gasteiger partial charge in [0.05, 0.1) is 19.2 Å². The van der Waals surface area contributed by atoms with E-state index in [1.54, 1.807) is 0 Å². The maximum atomic E-state index is 12.5. The maximum Gasteiger partial charge on any atom is 0.350 e. The van der Waals surface area contributed by atoms with Crippen molar-refractivity contribution < 1.29 is 14.3 Å². The lowest BCUT2D eigenvalue weighted by molar-refractivity contribution is -0.115. The van der Waals surface area contributed by atoms with Gasteiger partial charge in [-0.2, -0.15) is 0 Å². The molecule has 0 saturated carbocycles. The average molecular weight is 379 g/mol. The van der Waals surface area contributed by atoms with Crippen LogP contribution in [-0.2, 0) is 22.4 Å². The summed E-state index contributed by atoms with van der Waals surface area (Å²) < 4.78 is 4.87. The van der Waals surface area contributed by atoms with Crippen LogP contribution in [0.25, 0.3) is 10.4 Å². The topological polar surface area (TPSA) is 55.4 Å². The molecule has 1 aromatic heterocycles. The number of amides is 1. The van der Waals surface area contributed by atoms with Gasteiger partial charge >= 0.3 is 5.97 Å². The number of benzene rings is 2. The minimum atomic E-state index is -0.454. The zero-order chi connectivity index (χ0) is 19.2. The fourth-order valence-electron chi connectivity index (χ4n) is 2.75. The van der Waals surface area contributed by atoms with Gasteiger partial charge in [-0.15, -0.1) is 11.3 Å². The number of ether oxygens (including phenoxy) is 1. The summed E-state index contributed by atoms with van der Waals surface area (Å²) in [5.74, 6) is -0.619. The number of carbonyl (C=O) groups is 2. The van der Waals surface area contributed by atoms with E-state index in [9.17, 15) is 9.59 Å². The number of hydrogen-bond acceptors (Lipinski definition) is 4. The van der Waals surface area contributed by atoms with Crippen molar-refractivity contribution in [1.29, 1.82) is 0 Å². The highest BCUT2D eigenvalue weighted by atomic mass is 32.1. The van der Waals surface area contributed by atoms with Gasteiger partial charge in [0.15, 0.2) is 0 Å². The standard InChI is InChI=1S/C22H21NO3S/c1-3-15-9-11-16(12-10-15)13-20(24)23-18-14-19(17-7-5-4-6-8-17)27-21(18)22(25)26-2/h4-12,14H,3,13H2,1-2H3,(H,23,24). The van der Waals surface area contributed by atoms with Crippen LogP contribution in [-0.4, -0.2) is 19.0 Å². The smallest absolute Gasteiger partial charge is 0.350 e. The van der Waals surface area contributed by atoms with Crippen LogP contribution in [0.3, 0.4) is 0 Å². The molecule has 0 fully saturated rings. The van der Waals surface area contributed by atoms with E-state index in [0.29, 0.717) is 10.6 Å². The number of anilines is 1. The maximum absolute atomic E-state index is 12.5. The van der Waals surface area contributed by atoms with E-state index in [2.05, 4.69) is 12.2 Å². The Morgan fingerprint density at radius 2 is 1.67 bits per heavy atom. The predicted molar refractivity (Wildman–Crippen MR) is 109 cm³/mol. The van der Waals surface area contributed by atoms with Gasteiger partial charge in [0.2, 0.25) is 5.91 Å². The molecule has 0 aliphatic heterocycles. The highest BCUT2D eigenvalue weighted by molar-refractivity contribution is 7.18. The quantitative estimate of drug-likeness (QED) is 0.617. The van der Waals surface area contributed by atoms with Gasteiger partial charge in [-0.3, -0.25) is 4.79 Å². The van der Waals surface area contributed by atoms with Crippen LogP contribution in [0.1, 0.15) is 27.7 Å². The van der Waals surface area contributed by atoms with E-state index in [4.69, 9.17) is 4.74 Å². The molecule has 27 heavy (non-hydrogen) atoms. The fourth-order valence-corrected chi connectivity index (χ4v) is 3.78. The second-order valence-corrected chi connectivity index (χ2v) is 7.16. The third kappa shape index (κ3) is 4.63. The summed E-state index contributed by atoms with van der Waals surface area (Å²) in [6.07, 6.45) is 1.22. The van der Waals surface area contributed by atoms with E-state index in [0.717, 1.165) is 22.4 Å². The van der Waals surface area contributed by atoms with Crippen LogP contribution in [0.4, 0.5) is 5.69 Å². The Balaban J connectivity index is 1.80. The summed E-state index contributed by atoms with van der Waals surface area (Å²) in [5.41, 5.74) is 3.64.